The number of nitro benzene ring substituents is 1. The maximum Gasteiger partial charge on any atom is 0.355 e. The fourth-order valence-corrected chi connectivity index (χ4v) is 3.16. The number of nitrogens with one attached hydrogen (secondary N) is 3. The Hall–Kier alpha value is -5.20. The highest BCUT2D eigenvalue weighted by atomic mass is 16.6. The molecule has 13 nitrogen and oxygen atoms in total. The summed E-state index contributed by atoms with van der Waals surface area (Å²) in [6.07, 6.45) is 2.60. The molecular formula is C21H16N8O5. The molecule has 0 saturated carbocycles. The maximum atomic E-state index is 12.3. The van der Waals surface area contributed by atoms with Crippen LogP contribution >= 0.6 is 0 Å². The number of pyridine rings is 1. The number of nitrogens with zero attached hydrogens (tertiary/aromatic N) is 5. The number of fused-ring (bicyclic) bond motifs is 1. The van der Waals surface area contributed by atoms with Gasteiger partial charge in [-0.3, -0.25) is 40.9 Å². The number of benzene rings is 2. The number of hydrogen-bond donors (Lipinski definition) is 3. The Labute approximate surface area is 191 Å². The van der Waals surface area contributed by atoms with E-state index in [2.05, 4.69) is 31.1 Å². The monoisotopic (exact) mass is 460 g/mol. The SMILES string of the molecule is O=C(Cc1ccc([N+](=O)[O-])cc1)NNc1ncnc(Nc2cccc3cccnc23)c1[N+](=O)[O-]. The zero-order valence-electron chi connectivity index (χ0n) is 17.3. The second-order valence-electron chi connectivity index (χ2n) is 6.96. The highest BCUT2D eigenvalue weighted by Crippen LogP contribution is 2.32. The van der Waals surface area contributed by atoms with E-state index in [1.165, 1.54) is 24.3 Å². The van der Waals surface area contributed by atoms with Crippen molar-refractivity contribution in [3.8, 4) is 0 Å². The third-order valence-corrected chi connectivity index (χ3v) is 4.72. The Kier molecular flexibility index (Phi) is 6.16. The van der Waals surface area contributed by atoms with Gasteiger partial charge in [-0.1, -0.05) is 30.3 Å². The quantitative estimate of drug-likeness (QED) is 0.261. The van der Waals surface area contributed by atoms with Crippen LogP contribution < -0.4 is 16.2 Å². The average molecular weight is 460 g/mol. The average Bonchev–Trinajstić information content (AvgIpc) is 2.83. The summed E-state index contributed by atoms with van der Waals surface area (Å²) in [6.45, 7) is 0. The number of amides is 1. The molecular weight excluding hydrogens is 444 g/mol. The molecule has 0 saturated heterocycles. The summed E-state index contributed by atoms with van der Waals surface area (Å²) in [4.78, 5) is 45.7. The lowest BCUT2D eigenvalue weighted by Crippen LogP contribution is -2.31. The molecule has 2 heterocycles. The van der Waals surface area contributed by atoms with Gasteiger partial charge in [0.25, 0.3) is 5.69 Å². The number of para-hydroxylation sites is 1. The summed E-state index contributed by atoms with van der Waals surface area (Å²) in [5.41, 5.74) is 5.85. The van der Waals surface area contributed by atoms with Crippen molar-refractivity contribution in [2.45, 2.75) is 6.42 Å². The van der Waals surface area contributed by atoms with Crippen LogP contribution in [0.25, 0.3) is 10.9 Å². The lowest BCUT2D eigenvalue weighted by Gasteiger charge is -2.12. The summed E-state index contributed by atoms with van der Waals surface area (Å²) >= 11 is 0. The molecule has 0 spiro atoms. The van der Waals surface area contributed by atoms with Crippen molar-refractivity contribution in [3.63, 3.8) is 0 Å². The van der Waals surface area contributed by atoms with E-state index in [9.17, 15) is 25.0 Å². The van der Waals surface area contributed by atoms with Crippen LogP contribution in [0.15, 0.2) is 67.1 Å². The molecule has 0 unspecified atom stereocenters. The van der Waals surface area contributed by atoms with E-state index in [4.69, 9.17) is 0 Å². The molecule has 0 radical (unpaired) electrons. The Morgan fingerprint density at radius 2 is 1.62 bits per heavy atom. The smallest absolute Gasteiger partial charge is 0.332 e. The zero-order valence-corrected chi connectivity index (χ0v) is 17.3. The van der Waals surface area contributed by atoms with Crippen LogP contribution in [0.3, 0.4) is 0 Å². The fraction of sp³-hybridized carbons (Fsp3) is 0.0476. The van der Waals surface area contributed by atoms with Crippen LogP contribution in [0.1, 0.15) is 5.56 Å². The number of carbonyl (C=O) groups is 1. The van der Waals surface area contributed by atoms with Crippen LogP contribution in [-0.4, -0.2) is 30.7 Å². The summed E-state index contributed by atoms with van der Waals surface area (Å²) in [5, 5.41) is 26.3. The number of hydrogen-bond acceptors (Lipinski definition) is 10. The van der Waals surface area contributed by atoms with E-state index in [1.807, 2.05) is 12.1 Å². The van der Waals surface area contributed by atoms with E-state index in [1.54, 1.807) is 24.4 Å². The van der Waals surface area contributed by atoms with Crippen LogP contribution in [0.5, 0.6) is 0 Å². The molecule has 0 aliphatic heterocycles. The van der Waals surface area contributed by atoms with Crippen LogP contribution in [-0.2, 0) is 11.2 Å². The Morgan fingerprint density at radius 1 is 0.882 bits per heavy atom. The molecule has 4 rings (SSSR count). The van der Waals surface area contributed by atoms with E-state index in [-0.39, 0.29) is 23.7 Å². The highest BCUT2D eigenvalue weighted by molar-refractivity contribution is 5.93. The van der Waals surface area contributed by atoms with Crippen molar-refractivity contribution < 1.29 is 14.6 Å². The summed E-state index contributed by atoms with van der Waals surface area (Å²) in [5.74, 6) is -0.854. The minimum atomic E-state index is -0.675. The first-order chi connectivity index (χ1) is 16.4. The number of rotatable bonds is 8. The minimum Gasteiger partial charge on any atom is -0.332 e. The second kappa shape index (κ2) is 9.52. The first-order valence-corrected chi connectivity index (χ1v) is 9.80. The van der Waals surface area contributed by atoms with Gasteiger partial charge in [0.2, 0.25) is 17.5 Å². The normalized spacial score (nSPS) is 10.5. The molecule has 0 atom stereocenters. The van der Waals surface area contributed by atoms with E-state index in [0.717, 1.165) is 11.7 Å². The van der Waals surface area contributed by atoms with Crippen molar-refractivity contribution in [3.05, 3.63) is 92.9 Å². The molecule has 2 aromatic carbocycles. The van der Waals surface area contributed by atoms with Crippen LogP contribution in [0.4, 0.5) is 28.7 Å². The van der Waals surface area contributed by atoms with Crippen LogP contribution in [0, 0.1) is 20.2 Å². The first kappa shape index (κ1) is 22.0. The van der Waals surface area contributed by atoms with Gasteiger partial charge in [-0.15, -0.1) is 0 Å². The van der Waals surface area contributed by atoms with Crippen LogP contribution in [0.2, 0.25) is 0 Å². The molecule has 3 N–H and O–H groups in total. The second-order valence-corrected chi connectivity index (χ2v) is 6.96. The predicted molar refractivity (Wildman–Crippen MR) is 122 cm³/mol. The molecule has 2 aromatic heterocycles. The molecule has 13 heteroatoms. The third kappa shape index (κ3) is 4.83. The molecule has 34 heavy (non-hydrogen) atoms. The van der Waals surface area contributed by atoms with Crippen molar-refractivity contribution in [1.29, 1.82) is 0 Å². The summed E-state index contributed by atoms with van der Waals surface area (Å²) in [7, 11) is 0. The Morgan fingerprint density at radius 3 is 2.35 bits per heavy atom. The number of aromatic nitrogens is 3. The summed E-state index contributed by atoms with van der Waals surface area (Å²) in [6, 6.07) is 14.4. The predicted octanol–water partition coefficient (Wildman–Crippen LogP) is 3.27. The van der Waals surface area contributed by atoms with Gasteiger partial charge in [0.05, 0.1) is 27.5 Å². The van der Waals surface area contributed by atoms with E-state index >= 15 is 0 Å². The van der Waals surface area contributed by atoms with Crippen molar-refractivity contribution in [2.24, 2.45) is 0 Å². The Bertz CT molecular complexity index is 1390. The number of carbonyl (C=O) groups excluding carboxylic acids is 1. The Balaban J connectivity index is 1.51. The topological polar surface area (TPSA) is 178 Å². The van der Waals surface area contributed by atoms with Gasteiger partial charge in [0.1, 0.15) is 6.33 Å². The maximum absolute atomic E-state index is 12.3. The molecule has 0 fully saturated rings. The lowest BCUT2D eigenvalue weighted by atomic mass is 10.1. The fourth-order valence-electron chi connectivity index (χ4n) is 3.16. The number of anilines is 3. The molecule has 1 amide bonds. The standard InChI is InChI=1S/C21H16N8O5/c30-17(11-13-6-8-15(9-7-13)28(31)32)26-27-21-19(29(33)34)20(23-12-24-21)25-16-5-1-3-14-4-2-10-22-18(14)16/h1-10,12H,11H2,(H,26,30)(H2,23,24,25,27). The minimum absolute atomic E-state index is 0.0923. The third-order valence-electron chi connectivity index (χ3n) is 4.72. The lowest BCUT2D eigenvalue weighted by molar-refractivity contribution is -0.384. The van der Waals surface area contributed by atoms with Gasteiger partial charge in [-0.25, -0.2) is 9.97 Å². The molecule has 170 valence electrons. The van der Waals surface area contributed by atoms with E-state index < -0.39 is 21.4 Å². The summed E-state index contributed by atoms with van der Waals surface area (Å²) < 4.78 is 0. The van der Waals surface area contributed by atoms with Gasteiger partial charge in [0, 0.05) is 23.7 Å². The number of non-ortho nitro benzene ring substituents is 1. The number of nitro groups is 2. The number of hydrazine groups is 1. The van der Waals surface area contributed by atoms with E-state index in [0.29, 0.717) is 16.8 Å². The van der Waals surface area contributed by atoms with Gasteiger partial charge in [-0.2, -0.15) is 0 Å². The van der Waals surface area contributed by atoms with Crippen molar-refractivity contribution >= 4 is 45.5 Å². The van der Waals surface area contributed by atoms with Gasteiger partial charge >= 0.3 is 5.69 Å². The van der Waals surface area contributed by atoms with Gasteiger partial charge in [-0.05, 0) is 17.7 Å². The first-order valence-electron chi connectivity index (χ1n) is 9.80. The molecule has 0 aliphatic rings. The molecule has 0 bridgehead atoms. The van der Waals surface area contributed by atoms with Crippen molar-refractivity contribution in [1.82, 2.24) is 20.4 Å². The molecule has 0 aliphatic carbocycles. The largest absolute Gasteiger partial charge is 0.355 e. The molecule has 4 aromatic rings. The zero-order chi connectivity index (χ0) is 24.1. The van der Waals surface area contributed by atoms with Crippen molar-refractivity contribution in [2.75, 3.05) is 10.7 Å². The van der Waals surface area contributed by atoms with Gasteiger partial charge in [0.15, 0.2) is 0 Å². The highest BCUT2D eigenvalue weighted by Gasteiger charge is 2.24. The van der Waals surface area contributed by atoms with Gasteiger partial charge < -0.3 is 5.32 Å².